The summed E-state index contributed by atoms with van der Waals surface area (Å²) in [7, 11) is -4.52. The summed E-state index contributed by atoms with van der Waals surface area (Å²) in [6.45, 7) is 9.26. The second-order valence-corrected chi connectivity index (χ2v) is 16.1. The molecule has 0 heterocycles. The Morgan fingerprint density at radius 1 is 0.907 bits per heavy atom. The monoisotopic (exact) mass is 624 g/mol. The normalized spacial score (nSPS) is 20.8. The highest BCUT2D eigenvalue weighted by molar-refractivity contribution is 7.97. The van der Waals surface area contributed by atoms with E-state index in [4.69, 9.17) is 9.47 Å². The molecule has 5 rings (SSSR count). The molecule has 230 valence electrons. The van der Waals surface area contributed by atoms with Crippen molar-refractivity contribution in [3.8, 4) is 5.75 Å². The van der Waals surface area contributed by atoms with Crippen LogP contribution in [0.5, 0.6) is 5.75 Å². The predicted octanol–water partition coefficient (Wildman–Crippen LogP) is 6.43. The minimum Gasteiger partial charge on any atom is -0.748 e. The maximum atomic E-state index is 11.8. The van der Waals surface area contributed by atoms with Gasteiger partial charge < -0.3 is 14.0 Å². The van der Waals surface area contributed by atoms with Gasteiger partial charge in [-0.3, -0.25) is 4.79 Å². The number of Topliss-reactive ketones (excluding diaryl/α,β-unsaturated/α-hetero) is 1. The Morgan fingerprint density at radius 2 is 1.42 bits per heavy atom. The van der Waals surface area contributed by atoms with E-state index in [0.29, 0.717) is 18.6 Å². The number of benzene rings is 3. The SMILES string of the molecule is CC(C)(C)OC(=O)COc1ccc([S+](c2ccccc2)c2ccccc2)cc1.CC1(C)C2CCC1(CS(=O)(=O)[O-])C(=O)C2. The van der Waals surface area contributed by atoms with Crippen LogP contribution in [-0.2, 0) is 35.3 Å². The van der Waals surface area contributed by atoms with Crippen LogP contribution in [0.4, 0.5) is 0 Å². The molecule has 3 aromatic carbocycles. The van der Waals surface area contributed by atoms with Crippen LogP contribution in [-0.4, -0.2) is 42.7 Å². The molecule has 2 aliphatic carbocycles. The molecule has 0 aliphatic heterocycles. The largest absolute Gasteiger partial charge is 0.748 e. The lowest BCUT2D eigenvalue weighted by atomic mass is 9.70. The van der Waals surface area contributed by atoms with Crippen LogP contribution >= 0.6 is 0 Å². The molecule has 0 amide bonds. The quantitative estimate of drug-likeness (QED) is 0.161. The molecule has 0 radical (unpaired) electrons. The third kappa shape index (κ3) is 7.88. The summed E-state index contributed by atoms with van der Waals surface area (Å²) in [6, 6.07) is 28.9. The van der Waals surface area contributed by atoms with Crippen LogP contribution < -0.4 is 4.74 Å². The van der Waals surface area contributed by atoms with Gasteiger partial charge in [-0.2, -0.15) is 0 Å². The highest BCUT2D eigenvalue weighted by atomic mass is 32.2. The van der Waals surface area contributed by atoms with Gasteiger partial charge in [0.2, 0.25) is 0 Å². The molecular formula is C34H40O7S2. The molecule has 9 heteroatoms. The zero-order valence-corrected chi connectivity index (χ0v) is 27.0. The lowest BCUT2D eigenvalue weighted by molar-refractivity contribution is -0.157. The van der Waals surface area contributed by atoms with Gasteiger partial charge in [0.15, 0.2) is 21.3 Å². The van der Waals surface area contributed by atoms with Gasteiger partial charge in [-0.15, -0.1) is 0 Å². The third-order valence-corrected chi connectivity index (χ3v) is 11.4. The lowest BCUT2D eigenvalue weighted by Crippen LogP contribution is -2.42. The van der Waals surface area contributed by atoms with Crippen molar-refractivity contribution in [2.24, 2.45) is 16.7 Å². The van der Waals surface area contributed by atoms with Crippen molar-refractivity contribution in [2.75, 3.05) is 12.4 Å². The molecule has 2 bridgehead atoms. The predicted molar refractivity (Wildman–Crippen MR) is 166 cm³/mol. The van der Waals surface area contributed by atoms with Gasteiger partial charge >= 0.3 is 5.97 Å². The molecule has 7 nitrogen and oxygen atoms in total. The van der Waals surface area contributed by atoms with Crippen molar-refractivity contribution in [2.45, 2.75) is 74.2 Å². The molecule has 0 saturated heterocycles. The Labute approximate surface area is 258 Å². The Hall–Kier alpha value is -3.14. The zero-order chi connectivity index (χ0) is 31.5. The van der Waals surface area contributed by atoms with Gasteiger partial charge in [-0.1, -0.05) is 50.2 Å². The molecule has 2 aliphatic rings. The summed E-state index contributed by atoms with van der Waals surface area (Å²) in [5, 5.41) is 0. The molecule has 2 saturated carbocycles. The molecule has 0 N–H and O–H groups in total. The van der Waals surface area contributed by atoms with Gasteiger partial charge in [-0.05, 0) is 93.5 Å². The smallest absolute Gasteiger partial charge is 0.344 e. The Morgan fingerprint density at radius 3 is 1.84 bits per heavy atom. The second kappa shape index (κ2) is 12.8. The molecule has 0 spiro atoms. The van der Waals surface area contributed by atoms with Crippen molar-refractivity contribution in [3.05, 3.63) is 84.9 Å². The van der Waals surface area contributed by atoms with Crippen LogP contribution in [0.1, 0.15) is 53.9 Å². The van der Waals surface area contributed by atoms with Crippen LogP contribution in [0.3, 0.4) is 0 Å². The van der Waals surface area contributed by atoms with E-state index in [0.717, 1.165) is 6.42 Å². The Kier molecular flexibility index (Phi) is 9.79. The number of carbonyl (C=O) groups excluding carboxylic acids is 2. The first kappa shape index (κ1) is 32.8. The van der Waals surface area contributed by atoms with Gasteiger partial charge in [0.25, 0.3) is 0 Å². The maximum absolute atomic E-state index is 11.8. The van der Waals surface area contributed by atoms with Crippen LogP contribution in [0.15, 0.2) is 99.6 Å². The minimum atomic E-state index is -4.33. The van der Waals surface area contributed by atoms with Crippen molar-refractivity contribution < 1.29 is 32.0 Å². The number of hydrogen-bond donors (Lipinski definition) is 0. The average Bonchev–Trinajstić information content (AvgIpc) is 3.27. The number of ether oxygens (including phenoxy) is 2. The van der Waals surface area contributed by atoms with Crippen molar-refractivity contribution in [1.82, 2.24) is 0 Å². The van der Waals surface area contributed by atoms with Crippen molar-refractivity contribution in [1.29, 1.82) is 0 Å². The molecule has 2 fully saturated rings. The van der Waals surface area contributed by atoms with Crippen LogP contribution in [0, 0.1) is 16.7 Å². The lowest BCUT2D eigenvalue weighted by Gasteiger charge is -2.37. The minimum absolute atomic E-state index is 0.0248. The van der Waals surface area contributed by atoms with Crippen molar-refractivity contribution in [3.63, 3.8) is 0 Å². The molecular weight excluding hydrogens is 585 g/mol. The van der Waals surface area contributed by atoms with E-state index in [1.54, 1.807) is 0 Å². The number of hydrogen-bond acceptors (Lipinski definition) is 7. The van der Waals surface area contributed by atoms with Crippen molar-refractivity contribution >= 4 is 32.8 Å². The van der Waals surface area contributed by atoms with E-state index in [-0.39, 0.29) is 40.6 Å². The van der Waals surface area contributed by atoms with Gasteiger partial charge in [-0.25, -0.2) is 13.2 Å². The van der Waals surface area contributed by atoms with Gasteiger partial charge in [0.05, 0.1) is 26.8 Å². The highest BCUT2D eigenvalue weighted by Crippen LogP contribution is 2.64. The fourth-order valence-corrected chi connectivity index (χ4v) is 9.48. The van der Waals surface area contributed by atoms with E-state index in [1.165, 1.54) is 14.7 Å². The number of carbonyl (C=O) groups is 2. The second-order valence-electron chi connectivity index (χ2n) is 12.6. The maximum Gasteiger partial charge on any atom is 0.344 e. The van der Waals surface area contributed by atoms with E-state index in [9.17, 15) is 22.6 Å². The topological polar surface area (TPSA) is 110 Å². The summed E-state index contributed by atoms with van der Waals surface area (Å²) >= 11 is 0. The molecule has 0 aromatic heterocycles. The first-order valence-electron chi connectivity index (χ1n) is 14.4. The summed E-state index contributed by atoms with van der Waals surface area (Å²) < 4.78 is 43.5. The average molecular weight is 625 g/mol. The highest BCUT2D eigenvalue weighted by Gasteiger charge is 2.64. The molecule has 43 heavy (non-hydrogen) atoms. The first-order valence-corrected chi connectivity index (χ1v) is 17.2. The van der Waals surface area contributed by atoms with E-state index in [1.807, 2.05) is 58.9 Å². The standard InChI is InChI=1S/C24H25O3S.C10H16O4S/c1-24(2,3)27-23(25)18-26-19-14-16-22(17-15-19)28(20-10-6-4-7-11-20)21-12-8-5-9-13-21;1-9(2)7-3-4-10(9,8(11)5-7)6-15(12,13)14/h4-17H,18H2,1-3H3;7H,3-6H2,1-2H3,(H,12,13,14)/q+1;/p-1. The number of esters is 1. The number of rotatable bonds is 8. The third-order valence-electron chi connectivity index (χ3n) is 8.36. The summed E-state index contributed by atoms with van der Waals surface area (Å²) in [6.07, 6.45) is 1.88. The summed E-state index contributed by atoms with van der Waals surface area (Å²) in [5.41, 5.74) is -1.73. The molecule has 2 atom stereocenters. The van der Waals surface area contributed by atoms with E-state index in [2.05, 4.69) is 60.7 Å². The van der Waals surface area contributed by atoms with Gasteiger partial charge in [0, 0.05) is 11.8 Å². The first-order chi connectivity index (χ1) is 20.1. The van der Waals surface area contributed by atoms with Crippen LogP contribution in [0.25, 0.3) is 0 Å². The van der Waals surface area contributed by atoms with E-state index >= 15 is 0 Å². The number of ketones is 1. The molecule has 2 unspecified atom stereocenters. The Balaban J connectivity index is 0.000000237. The zero-order valence-electron chi connectivity index (χ0n) is 25.4. The Bertz CT molecular complexity index is 1470. The fraction of sp³-hybridized carbons (Fsp3) is 0.412. The van der Waals surface area contributed by atoms with Gasteiger partial charge in [0.1, 0.15) is 17.1 Å². The van der Waals surface area contributed by atoms with Crippen LogP contribution in [0.2, 0.25) is 0 Å². The fourth-order valence-electron chi connectivity index (χ4n) is 6.12. The summed E-state index contributed by atoms with van der Waals surface area (Å²) in [5.74, 6) is 0.00149. The number of fused-ring (bicyclic) bond motifs is 2. The summed E-state index contributed by atoms with van der Waals surface area (Å²) in [4.78, 5) is 27.4. The van der Waals surface area contributed by atoms with E-state index < -0.39 is 26.9 Å². The molecule has 3 aromatic rings.